The van der Waals surface area contributed by atoms with Crippen molar-refractivity contribution in [2.45, 2.75) is 13.3 Å². The van der Waals surface area contributed by atoms with Gasteiger partial charge in [0.25, 0.3) is 5.91 Å². The molecule has 24 heavy (non-hydrogen) atoms. The topological polar surface area (TPSA) is 34.9 Å². The van der Waals surface area contributed by atoms with Gasteiger partial charge < -0.3 is 0 Å². The van der Waals surface area contributed by atoms with Crippen LogP contribution in [0.3, 0.4) is 0 Å². The van der Waals surface area contributed by atoms with Gasteiger partial charge in [0, 0.05) is 23.1 Å². The van der Waals surface area contributed by atoms with E-state index in [0.717, 1.165) is 33.7 Å². The molecule has 0 fully saturated rings. The molecule has 4 heteroatoms. The van der Waals surface area contributed by atoms with E-state index in [1.807, 2.05) is 49.4 Å². The van der Waals surface area contributed by atoms with Crippen LogP contribution in [0.2, 0.25) is 5.02 Å². The number of halogens is 1. The number of carbonyl (C=O) groups is 1. The van der Waals surface area contributed by atoms with Crippen molar-refractivity contribution in [2.24, 2.45) is 0 Å². The van der Waals surface area contributed by atoms with Gasteiger partial charge in [-0.25, -0.2) is 4.68 Å². The van der Waals surface area contributed by atoms with Crippen molar-refractivity contribution in [1.82, 2.24) is 9.78 Å². The number of nitrogens with zero attached hydrogens (tertiary/aromatic N) is 2. The third kappa shape index (κ3) is 2.47. The quantitative estimate of drug-likeness (QED) is 0.675. The Hall–Kier alpha value is -2.65. The SMILES string of the molecule is Cc1nn2c(c1-c1ccccc1)CC(c1ccc(Cl)cc1)=CC2=O. The molecule has 1 aliphatic rings. The maximum Gasteiger partial charge on any atom is 0.271 e. The van der Waals surface area contributed by atoms with Crippen molar-refractivity contribution in [3.8, 4) is 11.1 Å². The third-order valence-corrected chi connectivity index (χ3v) is 4.55. The molecule has 0 spiro atoms. The molecule has 0 saturated heterocycles. The van der Waals surface area contributed by atoms with Crippen molar-refractivity contribution in [3.05, 3.63) is 82.6 Å². The molecule has 4 rings (SSSR count). The highest BCUT2D eigenvalue weighted by molar-refractivity contribution is 6.30. The summed E-state index contributed by atoms with van der Waals surface area (Å²) in [5, 5.41) is 5.14. The van der Waals surface area contributed by atoms with Crippen molar-refractivity contribution in [3.63, 3.8) is 0 Å². The van der Waals surface area contributed by atoms with Gasteiger partial charge in [-0.1, -0.05) is 54.1 Å². The summed E-state index contributed by atoms with van der Waals surface area (Å²) in [7, 11) is 0. The molecule has 0 radical (unpaired) electrons. The first-order valence-corrected chi connectivity index (χ1v) is 8.16. The van der Waals surface area contributed by atoms with Crippen molar-refractivity contribution in [2.75, 3.05) is 0 Å². The van der Waals surface area contributed by atoms with E-state index in [1.54, 1.807) is 6.08 Å². The number of aryl methyl sites for hydroxylation is 1. The van der Waals surface area contributed by atoms with E-state index in [1.165, 1.54) is 4.68 Å². The van der Waals surface area contributed by atoms with Gasteiger partial charge in [0.05, 0.1) is 11.4 Å². The standard InChI is InChI=1S/C20H15ClN2O/c1-13-20(15-5-3-2-4-6-15)18-11-16(12-19(24)23(18)22-13)14-7-9-17(21)10-8-14/h2-10,12H,11H2,1H3. The Labute approximate surface area is 145 Å². The zero-order chi connectivity index (χ0) is 16.7. The Bertz CT molecular complexity index is 953. The monoisotopic (exact) mass is 334 g/mol. The first-order chi connectivity index (χ1) is 11.6. The van der Waals surface area contributed by atoms with Crippen LogP contribution in [-0.4, -0.2) is 15.7 Å². The minimum absolute atomic E-state index is 0.105. The first kappa shape index (κ1) is 14.9. The fraction of sp³-hybridized carbons (Fsp3) is 0.100. The minimum Gasteiger partial charge on any atom is -0.267 e. The van der Waals surface area contributed by atoms with Crippen molar-refractivity contribution in [1.29, 1.82) is 0 Å². The number of hydrogen-bond acceptors (Lipinski definition) is 2. The summed E-state index contributed by atoms with van der Waals surface area (Å²) in [5.41, 5.74) is 5.94. The van der Waals surface area contributed by atoms with E-state index in [9.17, 15) is 4.79 Å². The predicted octanol–water partition coefficient (Wildman–Crippen LogP) is 4.79. The maximum absolute atomic E-state index is 12.5. The highest BCUT2D eigenvalue weighted by atomic mass is 35.5. The predicted molar refractivity (Wildman–Crippen MR) is 96.2 cm³/mol. The van der Waals surface area contributed by atoms with Gasteiger partial charge in [-0.3, -0.25) is 4.79 Å². The second-order valence-corrected chi connectivity index (χ2v) is 6.31. The van der Waals surface area contributed by atoms with Crippen molar-refractivity contribution >= 4 is 23.1 Å². The Kier molecular flexibility index (Phi) is 3.58. The van der Waals surface area contributed by atoms with Gasteiger partial charge >= 0.3 is 0 Å². The van der Waals surface area contributed by atoms with Crippen LogP contribution in [-0.2, 0) is 6.42 Å². The van der Waals surface area contributed by atoms with E-state index >= 15 is 0 Å². The third-order valence-electron chi connectivity index (χ3n) is 4.30. The summed E-state index contributed by atoms with van der Waals surface area (Å²) < 4.78 is 1.52. The lowest BCUT2D eigenvalue weighted by Crippen LogP contribution is -2.19. The second kappa shape index (κ2) is 5.77. The lowest BCUT2D eigenvalue weighted by molar-refractivity contribution is 0.0948. The molecule has 0 amide bonds. The minimum atomic E-state index is -0.105. The molecule has 0 aliphatic carbocycles. The first-order valence-electron chi connectivity index (χ1n) is 7.78. The normalized spacial score (nSPS) is 13.6. The molecule has 3 aromatic rings. The average Bonchev–Trinajstić information content (AvgIpc) is 2.93. The van der Waals surface area contributed by atoms with Crippen LogP contribution in [0, 0.1) is 6.92 Å². The molecule has 118 valence electrons. The van der Waals surface area contributed by atoms with E-state index in [0.29, 0.717) is 11.4 Å². The van der Waals surface area contributed by atoms with Gasteiger partial charge in [0.2, 0.25) is 0 Å². The summed E-state index contributed by atoms with van der Waals surface area (Å²) >= 11 is 5.97. The van der Waals surface area contributed by atoms with Gasteiger partial charge in [-0.15, -0.1) is 0 Å². The fourth-order valence-electron chi connectivity index (χ4n) is 3.19. The molecule has 2 heterocycles. The fourth-order valence-corrected chi connectivity index (χ4v) is 3.32. The van der Waals surface area contributed by atoms with Crippen molar-refractivity contribution < 1.29 is 4.79 Å². The molecule has 0 N–H and O–H groups in total. The smallest absolute Gasteiger partial charge is 0.267 e. The highest BCUT2D eigenvalue weighted by Crippen LogP contribution is 2.33. The van der Waals surface area contributed by atoms with E-state index in [-0.39, 0.29) is 5.91 Å². The highest BCUT2D eigenvalue weighted by Gasteiger charge is 2.25. The summed E-state index contributed by atoms with van der Waals surface area (Å²) in [5.74, 6) is -0.105. The molecule has 0 unspecified atom stereocenters. The molecule has 2 aromatic carbocycles. The van der Waals surface area contributed by atoms with Crippen LogP contribution < -0.4 is 0 Å². The molecular weight excluding hydrogens is 320 g/mol. The zero-order valence-electron chi connectivity index (χ0n) is 13.2. The number of aromatic nitrogens is 2. The van der Waals surface area contributed by atoms with Crippen LogP contribution in [0.4, 0.5) is 0 Å². The number of hydrogen-bond donors (Lipinski definition) is 0. The summed E-state index contributed by atoms with van der Waals surface area (Å²) in [6, 6.07) is 17.7. The number of benzene rings is 2. The van der Waals surface area contributed by atoms with Crippen LogP contribution in [0.5, 0.6) is 0 Å². The Morgan fingerprint density at radius 2 is 1.71 bits per heavy atom. The summed E-state index contributed by atoms with van der Waals surface area (Å²) in [6.45, 7) is 1.95. The summed E-state index contributed by atoms with van der Waals surface area (Å²) in [4.78, 5) is 12.5. The number of rotatable bonds is 2. The van der Waals surface area contributed by atoms with E-state index < -0.39 is 0 Å². The van der Waals surface area contributed by atoms with Crippen LogP contribution >= 0.6 is 11.6 Å². The van der Waals surface area contributed by atoms with Gasteiger partial charge in [-0.05, 0) is 35.8 Å². The molecule has 3 nitrogen and oxygen atoms in total. The van der Waals surface area contributed by atoms with Gasteiger partial charge in [0.1, 0.15) is 0 Å². The van der Waals surface area contributed by atoms with Crippen LogP contribution in [0.15, 0.2) is 60.7 Å². The van der Waals surface area contributed by atoms with Crippen LogP contribution in [0.1, 0.15) is 21.7 Å². The Morgan fingerprint density at radius 1 is 1.00 bits per heavy atom. The van der Waals surface area contributed by atoms with E-state index in [4.69, 9.17) is 11.6 Å². The number of carbonyl (C=O) groups excluding carboxylic acids is 1. The molecule has 1 aromatic heterocycles. The Morgan fingerprint density at radius 3 is 2.42 bits per heavy atom. The van der Waals surface area contributed by atoms with E-state index in [2.05, 4.69) is 17.2 Å². The van der Waals surface area contributed by atoms with Gasteiger partial charge in [-0.2, -0.15) is 5.10 Å². The van der Waals surface area contributed by atoms with Crippen LogP contribution in [0.25, 0.3) is 16.7 Å². The molecule has 0 saturated carbocycles. The largest absolute Gasteiger partial charge is 0.271 e. The second-order valence-electron chi connectivity index (χ2n) is 5.88. The number of allylic oxidation sites excluding steroid dienone is 2. The molecular formula is C20H15ClN2O. The lowest BCUT2D eigenvalue weighted by Gasteiger charge is -2.16. The van der Waals surface area contributed by atoms with Gasteiger partial charge in [0.15, 0.2) is 0 Å². The molecule has 0 atom stereocenters. The maximum atomic E-state index is 12.5. The number of fused-ring (bicyclic) bond motifs is 1. The zero-order valence-corrected chi connectivity index (χ0v) is 13.9. The molecule has 0 bridgehead atoms. The average molecular weight is 335 g/mol. The molecule has 1 aliphatic heterocycles. The lowest BCUT2D eigenvalue weighted by atomic mass is 9.94. The summed E-state index contributed by atoms with van der Waals surface area (Å²) in [6.07, 6.45) is 2.33. The Balaban J connectivity index is 1.82.